The Labute approximate surface area is 156 Å². The van der Waals surface area contributed by atoms with Gasteiger partial charge >= 0.3 is 0 Å². The van der Waals surface area contributed by atoms with E-state index in [0.29, 0.717) is 19.5 Å². The lowest BCUT2D eigenvalue weighted by molar-refractivity contribution is -0.143. The largest absolute Gasteiger partial charge is 0.389 e. The molecule has 1 aromatic carbocycles. The molecule has 1 aliphatic heterocycles. The summed E-state index contributed by atoms with van der Waals surface area (Å²) in [7, 11) is 0. The van der Waals surface area contributed by atoms with Crippen molar-refractivity contribution in [3.05, 3.63) is 34.9 Å². The summed E-state index contributed by atoms with van der Waals surface area (Å²) in [6.45, 7) is 2.13. The second-order valence-corrected chi connectivity index (χ2v) is 8.51. The summed E-state index contributed by atoms with van der Waals surface area (Å²) in [5, 5.41) is 12.0. The summed E-state index contributed by atoms with van der Waals surface area (Å²) in [5.74, 6) is 0.482. The van der Waals surface area contributed by atoms with Crippen molar-refractivity contribution in [1.29, 1.82) is 0 Å². The van der Waals surface area contributed by atoms with E-state index >= 15 is 0 Å². The molecule has 1 N–H and O–H groups in total. The van der Waals surface area contributed by atoms with Crippen molar-refractivity contribution in [3.63, 3.8) is 0 Å². The van der Waals surface area contributed by atoms with Crippen molar-refractivity contribution in [1.82, 2.24) is 9.47 Å². The average molecular weight is 405 g/mol. The van der Waals surface area contributed by atoms with Crippen LogP contribution in [0.15, 0.2) is 34.9 Å². The number of hydrogen-bond acceptors (Lipinski definition) is 2. The van der Waals surface area contributed by atoms with Crippen molar-refractivity contribution in [2.24, 2.45) is 5.92 Å². The topological polar surface area (TPSA) is 45.5 Å². The predicted molar refractivity (Wildman–Crippen MR) is 102 cm³/mol. The molecule has 0 spiro atoms. The number of likely N-dealkylation sites (tertiary alicyclic amines) is 1. The monoisotopic (exact) mass is 404 g/mol. The van der Waals surface area contributed by atoms with E-state index in [4.69, 9.17) is 0 Å². The minimum absolute atomic E-state index is 0.214. The number of halogens is 1. The lowest BCUT2D eigenvalue weighted by Gasteiger charge is -2.47. The van der Waals surface area contributed by atoms with Gasteiger partial charge in [-0.3, -0.25) is 4.79 Å². The molecule has 0 bridgehead atoms. The molecule has 4 nitrogen and oxygen atoms in total. The number of fused-ring (bicyclic) bond motifs is 2. The number of piperidine rings is 1. The summed E-state index contributed by atoms with van der Waals surface area (Å²) < 4.78 is 3.22. The zero-order valence-electron chi connectivity index (χ0n) is 14.5. The molecule has 1 saturated heterocycles. The maximum Gasteiger partial charge on any atom is 0.224 e. The molecular formula is C20H25BrN2O2. The van der Waals surface area contributed by atoms with Crippen molar-refractivity contribution in [2.75, 3.05) is 13.1 Å². The van der Waals surface area contributed by atoms with Crippen LogP contribution in [0.1, 0.15) is 38.5 Å². The number of aryl methyl sites for hydroxylation is 1. The summed E-state index contributed by atoms with van der Waals surface area (Å²) in [6, 6.07) is 8.32. The molecular weight excluding hydrogens is 380 g/mol. The van der Waals surface area contributed by atoms with Crippen LogP contribution in [0, 0.1) is 5.92 Å². The third-order valence-electron chi connectivity index (χ3n) is 6.08. The van der Waals surface area contributed by atoms with Gasteiger partial charge in [-0.2, -0.15) is 0 Å². The number of hydrogen-bond donors (Lipinski definition) is 1. The molecule has 5 heteroatoms. The predicted octanol–water partition coefficient (Wildman–Crippen LogP) is 3.95. The minimum Gasteiger partial charge on any atom is -0.389 e. The molecule has 2 atom stereocenters. The lowest BCUT2D eigenvalue weighted by Crippen LogP contribution is -2.54. The van der Waals surface area contributed by atoms with Crippen LogP contribution < -0.4 is 0 Å². The van der Waals surface area contributed by atoms with Crippen LogP contribution in [0.3, 0.4) is 0 Å². The number of carbonyl (C=O) groups excluding carboxylic acids is 1. The number of rotatable bonds is 3. The molecule has 134 valence electrons. The number of benzene rings is 1. The molecule has 4 rings (SSSR count). The molecule has 0 radical (unpaired) electrons. The number of aliphatic hydroxyl groups is 1. The van der Waals surface area contributed by atoms with Crippen LogP contribution in [-0.2, 0) is 11.3 Å². The third kappa shape index (κ3) is 3.36. The summed E-state index contributed by atoms with van der Waals surface area (Å²) in [5.41, 5.74) is 0.648. The average Bonchev–Trinajstić information content (AvgIpc) is 3.00. The fourth-order valence-corrected chi connectivity index (χ4v) is 4.92. The maximum absolute atomic E-state index is 12.7. The quantitative estimate of drug-likeness (QED) is 0.841. The SMILES string of the molecule is O=C(CCn1ccc2cc(Br)ccc21)N1CC[C@]2(O)CCCC[C@@H]2C1. The molecule has 1 aliphatic carbocycles. The molecule has 1 amide bonds. The Morgan fingerprint density at radius 2 is 2.16 bits per heavy atom. The van der Waals surface area contributed by atoms with E-state index in [1.807, 2.05) is 11.0 Å². The first-order valence-corrected chi connectivity index (χ1v) is 10.1. The highest BCUT2D eigenvalue weighted by Gasteiger charge is 2.43. The minimum atomic E-state index is -0.515. The van der Waals surface area contributed by atoms with Gasteiger partial charge in [0.25, 0.3) is 0 Å². The Balaban J connectivity index is 1.39. The van der Waals surface area contributed by atoms with E-state index in [1.165, 1.54) is 11.8 Å². The van der Waals surface area contributed by atoms with Gasteiger partial charge in [-0.1, -0.05) is 28.8 Å². The Morgan fingerprint density at radius 1 is 1.28 bits per heavy atom. The van der Waals surface area contributed by atoms with Crippen molar-refractivity contribution >= 4 is 32.7 Å². The lowest BCUT2D eigenvalue weighted by atomic mass is 9.71. The van der Waals surface area contributed by atoms with Gasteiger partial charge in [0.2, 0.25) is 5.91 Å². The van der Waals surface area contributed by atoms with Crippen LogP contribution in [0.2, 0.25) is 0 Å². The maximum atomic E-state index is 12.7. The molecule has 2 heterocycles. The number of nitrogens with zero attached hydrogens (tertiary/aromatic N) is 2. The Bertz CT molecular complexity index is 787. The van der Waals surface area contributed by atoms with E-state index in [9.17, 15) is 9.90 Å². The molecule has 2 fully saturated rings. The molecule has 1 aromatic heterocycles. The number of aromatic nitrogens is 1. The van der Waals surface area contributed by atoms with E-state index in [0.717, 1.165) is 42.2 Å². The fourth-order valence-electron chi connectivity index (χ4n) is 4.54. The standard InChI is InChI=1S/C20H25BrN2O2/c21-17-4-5-18-15(13-17)6-10-22(18)11-7-19(24)23-12-9-20(25)8-2-1-3-16(20)14-23/h4-6,10,13,16,25H,1-3,7-9,11-12,14H2/t16-,20-/m1/s1. The third-order valence-corrected chi connectivity index (χ3v) is 6.57. The van der Waals surface area contributed by atoms with E-state index in [2.05, 4.69) is 44.9 Å². The highest BCUT2D eigenvalue weighted by Crippen LogP contribution is 2.39. The first-order valence-electron chi connectivity index (χ1n) is 9.30. The van der Waals surface area contributed by atoms with Crippen LogP contribution in [0.4, 0.5) is 0 Å². The van der Waals surface area contributed by atoms with Crippen LogP contribution in [0.25, 0.3) is 10.9 Å². The van der Waals surface area contributed by atoms with Gasteiger partial charge < -0.3 is 14.6 Å². The zero-order valence-corrected chi connectivity index (χ0v) is 16.0. The highest BCUT2D eigenvalue weighted by molar-refractivity contribution is 9.10. The first kappa shape index (κ1) is 17.1. The van der Waals surface area contributed by atoms with E-state index < -0.39 is 5.60 Å². The second kappa shape index (κ2) is 6.76. The second-order valence-electron chi connectivity index (χ2n) is 7.60. The number of amides is 1. The molecule has 2 aliphatic rings. The summed E-state index contributed by atoms with van der Waals surface area (Å²) in [6.07, 6.45) is 7.58. The molecule has 1 saturated carbocycles. The van der Waals surface area contributed by atoms with Gasteiger partial charge in [0.05, 0.1) is 5.60 Å². The zero-order chi connectivity index (χ0) is 17.4. The van der Waals surface area contributed by atoms with Crippen LogP contribution in [0.5, 0.6) is 0 Å². The molecule has 2 aromatic rings. The van der Waals surface area contributed by atoms with Crippen molar-refractivity contribution in [2.45, 2.75) is 50.7 Å². The fraction of sp³-hybridized carbons (Fsp3) is 0.550. The van der Waals surface area contributed by atoms with Crippen molar-refractivity contribution < 1.29 is 9.90 Å². The summed E-state index contributed by atoms with van der Waals surface area (Å²) in [4.78, 5) is 14.7. The van der Waals surface area contributed by atoms with Crippen LogP contribution in [-0.4, -0.2) is 39.2 Å². The van der Waals surface area contributed by atoms with Gasteiger partial charge in [-0.15, -0.1) is 0 Å². The van der Waals surface area contributed by atoms with Gasteiger partial charge in [-0.25, -0.2) is 0 Å². The van der Waals surface area contributed by atoms with E-state index in [1.54, 1.807) is 0 Å². The van der Waals surface area contributed by atoms with Gasteiger partial charge in [0.1, 0.15) is 0 Å². The molecule has 0 unspecified atom stereocenters. The Morgan fingerprint density at radius 3 is 3.04 bits per heavy atom. The van der Waals surface area contributed by atoms with E-state index in [-0.39, 0.29) is 11.8 Å². The summed E-state index contributed by atoms with van der Waals surface area (Å²) >= 11 is 3.50. The van der Waals surface area contributed by atoms with Gasteiger partial charge in [-0.05, 0) is 43.5 Å². The first-order chi connectivity index (χ1) is 12.0. The highest BCUT2D eigenvalue weighted by atomic mass is 79.9. The van der Waals surface area contributed by atoms with Gasteiger partial charge in [0, 0.05) is 53.5 Å². The molecule has 25 heavy (non-hydrogen) atoms. The smallest absolute Gasteiger partial charge is 0.224 e. The van der Waals surface area contributed by atoms with Gasteiger partial charge in [0.15, 0.2) is 0 Å². The number of carbonyl (C=O) groups is 1. The van der Waals surface area contributed by atoms with Crippen molar-refractivity contribution in [3.8, 4) is 0 Å². The Hall–Kier alpha value is -1.33. The normalized spacial score (nSPS) is 26.6. The van der Waals surface area contributed by atoms with Crippen LogP contribution >= 0.6 is 15.9 Å². The Kier molecular flexibility index (Phi) is 4.63.